The van der Waals surface area contributed by atoms with Crippen molar-refractivity contribution in [1.82, 2.24) is 10.6 Å². The fraction of sp³-hybridized carbons (Fsp3) is 0.286. The number of primary amides is 1. The van der Waals surface area contributed by atoms with Gasteiger partial charge in [-0.3, -0.25) is 14.4 Å². The molecule has 0 heterocycles. The molecule has 2 aromatic rings. The molecule has 2 aromatic carbocycles. The van der Waals surface area contributed by atoms with Crippen LogP contribution < -0.4 is 21.1 Å². The smallest absolute Gasteiger partial charge is 0.243 e. The number of para-hydroxylation sites is 1. The van der Waals surface area contributed by atoms with Crippen molar-refractivity contribution in [2.24, 2.45) is 5.73 Å². The van der Waals surface area contributed by atoms with Gasteiger partial charge in [-0.25, -0.2) is 4.39 Å². The molecular formula is C21H24FN3O4. The van der Waals surface area contributed by atoms with Crippen molar-refractivity contribution >= 4 is 17.7 Å². The lowest BCUT2D eigenvalue weighted by Gasteiger charge is -2.22. The number of nitrogens with one attached hydrogen (secondary N) is 2. The normalized spacial score (nSPS) is 12.5. The second-order valence-electron chi connectivity index (χ2n) is 6.53. The first-order valence-corrected chi connectivity index (χ1v) is 9.04. The Morgan fingerprint density at radius 2 is 1.55 bits per heavy atom. The molecular weight excluding hydrogens is 377 g/mol. The number of nitrogens with two attached hydrogens (primary N) is 1. The largest absolute Gasteiger partial charge is 0.496 e. The minimum atomic E-state index is -1.07. The van der Waals surface area contributed by atoms with Crippen LogP contribution in [0.2, 0.25) is 0 Å². The first-order chi connectivity index (χ1) is 13.8. The summed E-state index contributed by atoms with van der Waals surface area (Å²) in [5.41, 5.74) is 6.41. The maximum absolute atomic E-state index is 14.0. The number of ether oxygens (including phenoxy) is 1. The third-order valence-electron chi connectivity index (χ3n) is 4.35. The predicted molar refractivity (Wildman–Crippen MR) is 106 cm³/mol. The molecule has 0 spiro atoms. The topological polar surface area (TPSA) is 111 Å². The summed E-state index contributed by atoms with van der Waals surface area (Å²) in [5.74, 6) is -1.77. The highest BCUT2D eigenvalue weighted by molar-refractivity contribution is 5.91. The molecule has 29 heavy (non-hydrogen) atoms. The molecule has 0 bridgehead atoms. The highest BCUT2D eigenvalue weighted by Gasteiger charge is 2.26. The molecule has 7 nitrogen and oxygen atoms in total. The van der Waals surface area contributed by atoms with Crippen LogP contribution in [0.1, 0.15) is 18.1 Å². The summed E-state index contributed by atoms with van der Waals surface area (Å²) >= 11 is 0. The third kappa shape index (κ3) is 6.31. The molecule has 0 unspecified atom stereocenters. The zero-order valence-corrected chi connectivity index (χ0v) is 16.3. The summed E-state index contributed by atoms with van der Waals surface area (Å²) in [7, 11) is 1.50. The molecule has 4 N–H and O–H groups in total. The number of hydrogen-bond donors (Lipinski definition) is 3. The van der Waals surface area contributed by atoms with E-state index in [9.17, 15) is 18.8 Å². The quantitative estimate of drug-likeness (QED) is 0.584. The fourth-order valence-electron chi connectivity index (χ4n) is 2.93. The minimum Gasteiger partial charge on any atom is -0.496 e. The maximum atomic E-state index is 14.0. The van der Waals surface area contributed by atoms with Gasteiger partial charge < -0.3 is 21.1 Å². The van der Waals surface area contributed by atoms with Crippen molar-refractivity contribution in [1.29, 1.82) is 0 Å². The van der Waals surface area contributed by atoms with Crippen LogP contribution in [0.25, 0.3) is 0 Å². The van der Waals surface area contributed by atoms with E-state index in [1.807, 2.05) is 0 Å². The van der Waals surface area contributed by atoms with Crippen molar-refractivity contribution in [3.63, 3.8) is 0 Å². The molecule has 3 amide bonds. The average molecular weight is 401 g/mol. The lowest BCUT2D eigenvalue weighted by atomic mass is 10.0. The Morgan fingerprint density at radius 3 is 2.14 bits per heavy atom. The molecule has 0 aromatic heterocycles. The standard InChI is InChI=1S/C21H24FN3O4/c1-13(26)24-18(11-14-7-3-5-9-16(14)22)21(28)25-17(20(23)27)12-15-8-4-6-10-19(15)29-2/h3-10,17-18H,11-12H2,1-2H3,(H2,23,27)(H,24,26)(H,25,28)/t17-,18+/m1/s1. The highest BCUT2D eigenvalue weighted by Crippen LogP contribution is 2.19. The molecule has 154 valence electrons. The van der Waals surface area contributed by atoms with Gasteiger partial charge in [0.2, 0.25) is 17.7 Å². The number of amides is 3. The molecule has 0 saturated heterocycles. The number of methoxy groups -OCH3 is 1. The van der Waals surface area contributed by atoms with E-state index in [0.717, 1.165) is 0 Å². The Labute approximate surface area is 168 Å². The van der Waals surface area contributed by atoms with Gasteiger partial charge in [0.05, 0.1) is 7.11 Å². The Balaban J connectivity index is 2.18. The summed E-state index contributed by atoms with van der Waals surface area (Å²) < 4.78 is 19.2. The Kier molecular flexibility index (Phi) is 7.70. The minimum absolute atomic E-state index is 0.0712. The molecule has 0 radical (unpaired) electrons. The molecule has 0 saturated carbocycles. The zero-order valence-electron chi connectivity index (χ0n) is 16.3. The summed E-state index contributed by atoms with van der Waals surface area (Å²) in [4.78, 5) is 36.2. The predicted octanol–water partition coefficient (Wildman–Crippen LogP) is 1.09. The van der Waals surface area contributed by atoms with Gasteiger partial charge in [-0.2, -0.15) is 0 Å². The van der Waals surface area contributed by atoms with E-state index in [2.05, 4.69) is 10.6 Å². The van der Waals surface area contributed by atoms with Crippen LogP contribution in [0.15, 0.2) is 48.5 Å². The molecule has 2 atom stereocenters. The molecule has 2 rings (SSSR count). The third-order valence-corrected chi connectivity index (χ3v) is 4.35. The van der Waals surface area contributed by atoms with Crippen LogP contribution >= 0.6 is 0 Å². The van der Waals surface area contributed by atoms with E-state index in [1.54, 1.807) is 30.3 Å². The van der Waals surface area contributed by atoms with Gasteiger partial charge in [-0.15, -0.1) is 0 Å². The van der Waals surface area contributed by atoms with E-state index in [0.29, 0.717) is 11.3 Å². The monoisotopic (exact) mass is 401 g/mol. The first kappa shape index (κ1) is 21.9. The fourth-order valence-corrected chi connectivity index (χ4v) is 2.93. The lowest BCUT2D eigenvalue weighted by molar-refractivity contribution is -0.130. The van der Waals surface area contributed by atoms with E-state index in [1.165, 1.54) is 32.2 Å². The van der Waals surface area contributed by atoms with Crippen LogP contribution in [0.5, 0.6) is 5.75 Å². The van der Waals surface area contributed by atoms with Gasteiger partial charge in [-0.1, -0.05) is 36.4 Å². The Hall–Kier alpha value is -3.42. The van der Waals surface area contributed by atoms with Crippen LogP contribution in [0, 0.1) is 5.82 Å². The number of halogens is 1. The van der Waals surface area contributed by atoms with Crippen molar-refractivity contribution in [3.05, 3.63) is 65.5 Å². The molecule has 0 aliphatic rings. The van der Waals surface area contributed by atoms with Crippen LogP contribution in [0.4, 0.5) is 4.39 Å². The van der Waals surface area contributed by atoms with Crippen molar-refractivity contribution < 1.29 is 23.5 Å². The molecule has 0 fully saturated rings. The van der Waals surface area contributed by atoms with E-state index in [4.69, 9.17) is 10.5 Å². The zero-order chi connectivity index (χ0) is 21.4. The summed E-state index contributed by atoms with van der Waals surface area (Å²) in [5, 5.41) is 5.05. The maximum Gasteiger partial charge on any atom is 0.243 e. The summed E-state index contributed by atoms with van der Waals surface area (Å²) in [6, 6.07) is 10.9. The van der Waals surface area contributed by atoms with Gasteiger partial charge in [0, 0.05) is 19.8 Å². The van der Waals surface area contributed by atoms with Crippen LogP contribution in [0.3, 0.4) is 0 Å². The van der Waals surface area contributed by atoms with E-state index in [-0.39, 0.29) is 18.4 Å². The van der Waals surface area contributed by atoms with Crippen molar-refractivity contribution in [2.75, 3.05) is 7.11 Å². The van der Waals surface area contributed by atoms with Crippen LogP contribution in [-0.4, -0.2) is 36.9 Å². The molecule has 0 aliphatic carbocycles. The number of hydrogen-bond acceptors (Lipinski definition) is 4. The summed E-state index contributed by atoms with van der Waals surface area (Å²) in [6.07, 6.45) is 0.0375. The van der Waals surface area contributed by atoms with E-state index >= 15 is 0 Å². The van der Waals surface area contributed by atoms with Crippen molar-refractivity contribution in [2.45, 2.75) is 31.8 Å². The van der Waals surface area contributed by atoms with Gasteiger partial charge >= 0.3 is 0 Å². The first-order valence-electron chi connectivity index (χ1n) is 9.04. The van der Waals surface area contributed by atoms with Crippen LogP contribution in [-0.2, 0) is 27.2 Å². The number of carbonyl (C=O) groups excluding carboxylic acids is 3. The van der Waals surface area contributed by atoms with Gasteiger partial charge in [0.25, 0.3) is 0 Å². The second-order valence-corrected chi connectivity index (χ2v) is 6.53. The summed E-state index contributed by atoms with van der Waals surface area (Å²) in [6.45, 7) is 1.25. The number of benzene rings is 2. The average Bonchev–Trinajstić information content (AvgIpc) is 2.68. The SMILES string of the molecule is COc1ccccc1C[C@@H](NC(=O)[C@H](Cc1ccccc1F)NC(C)=O)C(N)=O. The molecule has 0 aliphatic heterocycles. The van der Waals surface area contributed by atoms with Gasteiger partial charge in [-0.05, 0) is 23.3 Å². The number of carbonyl (C=O) groups is 3. The van der Waals surface area contributed by atoms with Gasteiger partial charge in [0.1, 0.15) is 23.7 Å². The second kappa shape index (κ2) is 10.2. The molecule has 8 heteroatoms. The van der Waals surface area contributed by atoms with E-state index < -0.39 is 35.6 Å². The highest BCUT2D eigenvalue weighted by atomic mass is 19.1. The Bertz CT molecular complexity index is 888. The lowest BCUT2D eigenvalue weighted by Crippen LogP contribution is -2.54. The number of rotatable bonds is 9. The van der Waals surface area contributed by atoms with Crippen molar-refractivity contribution in [3.8, 4) is 5.75 Å². The Morgan fingerprint density at radius 1 is 0.966 bits per heavy atom. The van der Waals surface area contributed by atoms with Gasteiger partial charge in [0.15, 0.2) is 0 Å².